The Morgan fingerprint density at radius 2 is 1.86 bits per heavy atom. The Balaban J connectivity index is 0. The number of aliphatic carboxylic acids is 1. The van der Waals surface area contributed by atoms with Gasteiger partial charge in [-0.2, -0.15) is 0 Å². The molecule has 0 aromatic rings. The van der Waals surface area contributed by atoms with E-state index >= 15 is 0 Å². The third-order valence-electron chi connectivity index (χ3n) is 2.12. The van der Waals surface area contributed by atoms with Gasteiger partial charge in [0.1, 0.15) is 6.10 Å². The Labute approximate surface area is 131 Å². The molecule has 0 aliphatic carbocycles. The molecule has 0 rings (SSSR count). The molecule has 0 radical (unpaired) electrons. The molecule has 8 heteroatoms. The number of hydrogen-bond donors (Lipinski definition) is 3. The van der Waals surface area contributed by atoms with E-state index in [0.29, 0.717) is 6.61 Å². The largest absolute Gasteiger partial charge is 0.478 e. The molecule has 0 fully saturated rings. The number of rotatable bonds is 9. The van der Waals surface area contributed by atoms with Gasteiger partial charge in [0, 0.05) is 22.4 Å². The fourth-order valence-corrected chi connectivity index (χ4v) is 2.21. The summed E-state index contributed by atoms with van der Waals surface area (Å²) in [4.78, 5) is 9.60. The number of ether oxygens (including phenoxy) is 1. The van der Waals surface area contributed by atoms with E-state index < -0.39 is 26.7 Å². The van der Waals surface area contributed by atoms with Crippen molar-refractivity contribution in [3.8, 4) is 0 Å². The van der Waals surface area contributed by atoms with E-state index in [1.54, 1.807) is 0 Å². The molecule has 0 spiro atoms. The minimum atomic E-state index is -1.75. The summed E-state index contributed by atoms with van der Waals surface area (Å²) in [6.45, 7) is 11.0. The topological polar surface area (TPSA) is 96.2 Å². The van der Waals surface area contributed by atoms with Crippen molar-refractivity contribution in [2.75, 3.05) is 13.2 Å². The Morgan fingerprint density at radius 3 is 2.14 bits per heavy atom. The zero-order chi connectivity index (χ0) is 17.1. The molecule has 6 nitrogen and oxygen atoms in total. The minimum absolute atomic E-state index is 0.176. The fourth-order valence-electron chi connectivity index (χ4n) is 1.00. The zero-order valence-electron chi connectivity index (χ0n) is 13.8. The van der Waals surface area contributed by atoms with E-state index in [0.717, 1.165) is 16.7 Å². The summed E-state index contributed by atoms with van der Waals surface area (Å²) >= 11 is 0. The highest BCUT2D eigenvalue weighted by atomic mass is 28.4. The van der Waals surface area contributed by atoms with Crippen molar-refractivity contribution in [3.05, 3.63) is 12.2 Å². The van der Waals surface area contributed by atoms with Gasteiger partial charge in [0.2, 0.25) is 0 Å². The summed E-state index contributed by atoms with van der Waals surface area (Å²) in [7, 11) is -0.582. The van der Waals surface area contributed by atoms with E-state index in [4.69, 9.17) is 19.4 Å². The summed E-state index contributed by atoms with van der Waals surface area (Å²) in [5, 5.41) is 26.3. The Hall–Kier alpha value is -0.516. The molecular weight excluding hydrogens is 308 g/mol. The van der Waals surface area contributed by atoms with Gasteiger partial charge in [0.15, 0.2) is 14.6 Å². The van der Waals surface area contributed by atoms with Crippen molar-refractivity contribution in [3.63, 3.8) is 0 Å². The standard InChI is InChI=1S/C9H24O4Si2.C4H6O2/c1-15(2,3)13-9(8(11)7-10)12-5-4-6-14;1-3(2)4(5)6/h8-11H,4-7H2,1-3,14H3;1H2,2H3,(H,5,6). The van der Waals surface area contributed by atoms with Crippen molar-refractivity contribution in [1.29, 1.82) is 0 Å². The molecule has 0 saturated heterocycles. The second-order valence-corrected chi connectivity index (χ2v) is 11.1. The van der Waals surface area contributed by atoms with Crippen LogP contribution in [-0.2, 0) is 14.0 Å². The molecular formula is C13H30O6Si2. The number of carboxylic acid groups (broad SMARTS) is 1. The molecule has 0 aliphatic heterocycles. The van der Waals surface area contributed by atoms with Crippen LogP contribution in [0.3, 0.4) is 0 Å². The van der Waals surface area contributed by atoms with E-state index in [1.165, 1.54) is 13.0 Å². The van der Waals surface area contributed by atoms with E-state index in [9.17, 15) is 9.90 Å². The van der Waals surface area contributed by atoms with Gasteiger partial charge in [0.05, 0.1) is 6.61 Å². The highest BCUT2D eigenvalue weighted by Gasteiger charge is 2.26. The van der Waals surface area contributed by atoms with Crippen molar-refractivity contribution in [2.24, 2.45) is 0 Å². The van der Waals surface area contributed by atoms with Crippen molar-refractivity contribution >= 4 is 24.5 Å². The molecule has 2 atom stereocenters. The number of aliphatic hydroxyl groups excluding tert-OH is 2. The first-order valence-corrected chi connectivity index (χ1v) is 11.8. The quantitative estimate of drug-likeness (QED) is 0.243. The van der Waals surface area contributed by atoms with Crippen molar-refractivity contribution in [1.82, 2.24) is 0 Å². The number of carboxylic acids is 1. The number of aliphatic hydroxyl groups is 2. The zero-order valence-corrected chi connectivity index (χ0v) is 16.8. The third-order valence-corrected chi connectivity index (χ3v) is 3.76. The van der Waals surface area contributed by atoms with Crippen LogP contribution in [0.15, 0.2) is 12.2 Å². The maximum atomic E-state index is 9.60. The van der Waals surface area contributed by atoms with Gasteiger partial charge in [-0.15, -0.1) is 0 Å². The summed E-state index contributed by atoms with van der Waals surface area (Å²) in [6.07, 6.45) is -0.614. The minimum Gasteiger partial charge on any atom is -0.478 e. The Kier molecular flexibility index (Phi) is 13.1. The average Bonchev–Trinajstić information content (AvgIpc) is 2.36. The molecule has 21 heavy (non-hydrogen) atoms. The van der Waals surface area contributed by atoms with Crippen LogP contribution in [0, 0.1) is 0 Å². The lowest BCUT2D eigenvalue weighted by atomic mass is 10.4. The number of carbonyl (C=O) groups is 1. The van der Waals surface area contributed by atoms with Gasteiger partial charge in [-0.3, -0.25) is 0 Å². The molecule has 0 aromatic heterocycles. The van der Waals surface area contributed by atoms with Crippen LogP contribution in [0.4, 0.5) is 0 Å². The van der Waals surface area contributed by atoms with Gasteiger partial charge >= 0.3 is 5.97 Å². The summed E-state index contributed by atoms with van der Waals surface area (Å²) in [5.41, 5.74) is 0.176. The van der Waals surface area contributed by atoms with Gasteiger partial charge < -0.3 is 24.5 Å². The lowest BCUT2D eigenvalue weighted by Gasteiger charge is -2.29. The first kappa shape index (κ1) is 22.8. The molecule has 0 aliphatic rings. The second kappa shape index (κ2) is 12.1. The van der Waals surface area contributed by atoms with Crippen LogP contribution in [-0.4, -0.2) is 65.5 Å². The van der Waals surface area contributed by atoms with Gasteiger partial charge in [-0.1, -0.05) is 12.6 Å². The van der Waals surface area contributed by atoms with E-state index in [1.807, 2.05) is 19.6 Å². The SMILES string of the molecule is C=C(C)C(=O)O.C[Si](C)(C)OC(OCCC[SiH3])C(O)CO. The Morgan fingerprint density at radius 1 is 1.38 bits per heavy atom. The first-order chi connectivity index (χ1) is 9.55. The van der Waals surface area contributed by atoms with Crippen LogP contribution in [0.2, 0.25) is 25.7 Å². The Bertz CT molecular complexity index is 292. The van der Waals surface area contributed by atoms with Crippen LogP contribution >= 0.6 is 0 Å². The van der Waals surface area contributed by atoms with Gasteiger partial charge in [0.25, 0.3) is 0 Å². The molecule has 3 N–H and O–H groups in total. The van der Waals surface area contributed by atoms with Gasteiger partial charge in [-0.05, 0) is 33.0 Å². The smallest absolute Gasteiger partial charge is 0.330 e. The maximum Gasteiger partial charge on any atom is 0.330 e. The summed E-state index contributed by atoms with van der Waals surface area (Å²) < 4.78 is 11.1. The average molecular weight is 339 g/mol. The molecule has 0 amide bonds. The predicted molar refractivity (Wildman–Crippen MR) is 89.1 cm³/mol. The maximum absolute atomic E-state index is 9.60. The van der Waals surface area contributed by atoms with E-state index in [-0.39, 0.29) is 12.2 Å². The monoisotopic (exact) mass is 338 g/mol. The second-order valence-electron chi connectivity index (χ2n) is 5.66. The summed E-state index contributed by atoms with van der Waals surface area (Å²) in [6, 6.07) is 1.18. The molecule has 0 heterocycles. The van der Waals surface area contributed by atoms with Crippen LogP contribution < -0.4 is 0 Å². The normalized spacial score (nSPS) is 14.0. The molecule has 0 saturated carbocycles. The van der Waals surface area contributed by atoms with Crippen LogP contribution in [0.1, 0.15) is 13.3 Å². The molecule has 2 unspecified atom stereocenters. The van der Waals surface area contributed by atoms with Crippen LogP contribution in [0.25, 0.3) is 0 Å². The summed E-state index contributed by atoms with van der Waals surface area (Å²) in [5.74, 6) is -0.935. The lowest BCUT2D eigenvalue weighted by Crippen LogP contribution is -2.42. The third kappa shape index (κ3) is 15.7. The lowest BCUT2D eigenvalue weighted by molar-refractivity contribution is -0.159. The van der Waals surface area contributed by atoms with Gasteiger partial charge in [-0.25, -0.2) is 4.79 Å². The van der Waals surface area contributed by atoms with Crippen molar-refractivity contribution in [2.45, 2.75) is 51.4 Å². The highest BCUT2D eigenvalue weighted by Crippen LogP contribution is 2.12. The predicted octanol–water partition coefficient (Wildman–Crippen LogP) is 0.355. The van der Waals surface area contributed by atoms with Crippen molar-refractivity contribution < 1.29 is 29.3 Å². The highest BCUT2D eigenvalue weighted by molar-refractivity contribution is 6.69. The first-order valence-electron chi connectivity index (χ1n) is 7.02. The van der Waals surface area contributed by atoms with E-state index in [2.05, 4.69) is 6.58 Å². The van der Waals surface area contributed by atoms with Crippen LogP contribution in [0.5, 0.6) is 0 Å². The molecule has 0 aromatic carbocycles. The molecule has 126 valence electrons. The molecule has 0 bridgehead atoms. The number of hydrogen-bond acceptors (Lipinski definition) is 5. The fraction of sp³-hybridized carbons (Fsp3) is 0.769.